The molecular formula is C25H37Cl2FN2O2. The molecule has 4 nitrogen and oxygen atoms in total. The highest BCUT2D eigenvalue weighted by molar-refractivity contribution is 5.85. The molecule has 1 N–H and O–H groups in total. The predicted octanol–water partition coefficient (Wildman–Crippen LogP) is 5.35. The predicted molar refractivity (Wildman–Crippen MR) is 135 cm³/mol. The van der Waals surface area contributed by atoms with Gasteiger partial charge in [0.2, 0.25) is 0 Å². The molecule has 1 saturated heterocycles. The minimum Gasteiger partial charge on any atom is -0.491 e. The van der Waals surface area contributed by atoms with Crippen LogP contribution in [-0.2, 0) is 6.42 Å². The van der Waals surface area contributed by atoms with Crippen molar-refractivity contribution in [3.05, 3.63) is 59.9 Å². The van der Waals surface area contributed by atoms with E-state index in [4.69, 9.17) is 4.74 Å². The number of aliphatic hydroxyl groups is 1. The Labute approximate surface area is 204 Å². The van der Waals surface area contributed by atoms with Gasteiger partial charge in [0.15, 0.2) is 0 Å². The summed E-state index contributed by atoms with van der Waals surface area (Å²) in [6.07, 6.45) is 3.44. The van der Waals surface area contributed by atoms with E-state index in [1.807, 2.05) is 38.1 Å². The van der Waals surface area contributed by atoms with Gasteiger partial charge in [0.05, 0.1) is 11.7 Å². The Bertz CT molecular complexity index is 780. The number of benzene rings is 2. The van der Waals surface area contributed by atoms with Gasteiger partial charge in [-0.25, -0.2) is 4.39 Å². The lowest BCUT2D eigenvalue weighted by Gasteiger charge is -2.39. The van der Waals surface area contributed by atoms with Crippen LogP contribution in [0.15, 0.2) is 48.5 Å². The second-order valence-electron chi connectivity index (χ2n) is 8.77. The van der Waals surface area contributed by atoms with Gasteiger partial charge in [-0.1, -0.05) is 12.1 Å². The van der Waals surface area contributed by atoms with E-state index in [2.05, 4.69) is 29.0 Å². The summed E-state index contributed by atoms with van der Waals surface area (Å²) in [5.74, 6) is 0.695. The average Bonchev–Trinajstić information content (AvgIpc) is 2.73. The first-order valence-corrected chi connectivity index (χ1v) is 11.0. The molecule has 1 aliphatic rings. The molecule has 0 spiro atoms. The molecule has 1 fully saturated rings. The number of piperidine rings is 1. The third-order valence-electron chi connectivity index (χ3n) is 5.98. The van der Waals surface area contributed by atoms with Crippen LogP contribution in [0.4, 0.5) is 10.1 Å². The molecule has 32 heavy (non-hydrogen) atoms. The largest absolute Gasteiger partial charge is 0.491 e. The fraction of sp³-hybridized carbons (Fsp3) is 0.520. The first-order valence-electron chi connectivity index (χ1n) is 11.0. The number of likely N-dealkylation sites (tertiary alicyclic amines) is 1. The molecular weight excluding hydrogens is 450 g/mol. The summed E-state index contributed by atoms with van der Waals surface area (Å²) in [6.45, 7) is 7.62. The van der Waals surface area contributed by atoms with Crippen molar-refractivity contribution in [3.8, 4) is 5.75 Å². The molecule has 0 aliphatic carbocycles. The van der Waals surface area contributed by atoms with Gasteiger partial charge in [0, 0.05) is 38.9 Å². The van der Waals surface area contributed by atoms with Gasteiger partial charge in [-0.15, -0.1) is 24.8 Å². The lowest BCUT2D eigenvalue weighted by atomic mass is 9.88. The maximum Gasteiger partial charge on any atom is 0.123 e. The van der Waals surface area contributed by atoms with Gasteiger partial charge in [0.25, 0.3) is 0 Å². The van der Waals surface area contributed by atoms with Crippen molar-refractivity contribution < 1.29 is 14.2 Å². The van der Waals surface area contributed by atoms with Crippen LogP contribution in [0.1, 0.15) is 38.7 Å². The molecule has 7 heteroatoms. The maximum atomic E-state index is 13.0. The lowest BCUT2D eigenvalue weighted by molar-refractivity contribution is -0.0254. The van der Waals surface area contributed by atoms with Crippen LogP contribution < -0.4 is 9.64 Å². The van der Waals surface area contributed by atoms with E-state index in [1.165, 1.54) is 12.1 Å². The molecule has 0 unspecified atom stereocenters. The van der Waals surface area contributed by atoms with Crippen molar-refractivity contribution in [1.29, 1.82) is 0 Å². The van der Waals surface area contributed by atoms with Crippen LogP contribution in [0, 0.1) is 5.82 Å². The summed E-state index contributed by atoms with van der Waals surface area (Å²) in [5.41, 5.74) is 1.69. The molecule has 0 bridgehead atoms. The van der Waals surface area contributed by atoms with E-state index >= 15 is 0 Å². The van der Waals surface area contributed by atoms with Crippen LogP contribution in [0.25, 0.3) is 0 Å². The molecule has 0 aromatic heterocycles. The van der Waals surface area contributed by atoms with Crippen molar-refractivity contribution >= 4 is 30.5 Å². The molecule has 0 saturated carbocycles. The maximum absolute atomic E-state index is 13.0. The SMILES string of the molecule is CC(C)Oc1ccc(N(C)CCC2(O)CCN(CCc3ccc(F)cc3)CC2)cc1.Cl.Cl. The zero-order valence-corrected chi connectivity index (χ0v) is 20.9. The highest BCUT2D eigenvalue weighted by atomic mass is 35.5. The zero-order chi connectivity index (χ0) is 21.6. The molecule has 2 aromatic rings. The first-order chi connectivity index (χ1) is 14.3. The Balaban J connectivity index is 0.00000256. The molecule has 3 rings (SSSR count). The quantitative estimate of drug-likeness (QED) is 0.517. The van der Waals surface area contributed by atoms with E-state index in [9.17, 15) is 9.50 Å². The third-order valence-corrected chi connectivity index (χ3v) is 5.98. The summed E-state index contributed by atoms with van der Waals surface area (Å²) >= 11 is 0. The van der Waals surface area contributed by atoms with E-state index < -0.39 is 5.60 Å². The Morgan fingerprint density at radius 1 is 1.03 bits per heavy atom. The van der Waals surface area contributed by atoms with Gasteiger partial charge < -0.3 is 19.6 Å². The summed E-state index contributed by atoms with van der Waals surface area (Å²) < 4.78 is 18.7. The van der Waals surface area contributed by atoms with E-state index in [0.29, 0.717) is 0 Å². The minimum atomic E-state index is -0.596. The molecule has 0 radical (unpaired) electrons. The Kier molecular flexibility index (Phi) is 11.8. The Morgan fingerprint density at radius 2 is 1.62 bits per heavy atom. The summed E-state index contributed by atoms with van der Waals surface area (Å²) in [5, 5.41) is 11.0. The summed E-state index contributed by atoms with van der Waals surface area (Å²) in [7, 11) is 2.07. The summed E-state index contributed by atoms with van der Waals surface area (Å²) in [4.78, 5) is 4.59. The van der Waals surface area contributed by atoms with Crippen molar-refractivity contribution in [2.75, 3.05) is 38.1 Å². The number of hydrogen-bond acceptors (Lipinski definition) is 4. The molecule has 1 aliphatic heterocycles. The van der Waals surface area contributed by atoms with E-state index in [-0.39, 0.29) is 36.7 Å². The van der Waals surface area contributed by atoms with Gasteiger partial charge in [-0.3, -0.25) is 0 Å². The number of ether oxygens (including phenoxy) is 1. The first kappa shape index (κ1) is 28.5. The Hall–Kier alpha value is -1.53. The zero-order valence-electron chi connectivity index (χ0n) is 19.3. The highest BCUT2D eigenvalue weighted by Crippen LogP contribution is 2.27. The highest BCUT2D eigenvalue weighted by Gasteiger charge is 2.32. The number of anilines is 1. The molecule has 0 atom stereocenters. The van der Waals surface area contributed by atoms with Crippen molar-refractivity contribution in [1.82, 2.24) is 4.90 Å². The average molecular weight is 487 g/mol. The van der Waals surface area contributed by atoms with Crippen LogP contribution in [0.2, 0.25) is 0 Å². The topological polar surface area (TPSA) is 35.9 Å². The van der Waals surface area contributed by atoms with Crippen molar-refractivity contribution in [2.45, 2.75) is 51.2 Å². The van der Waals surface area contributed by atoms with Crippen LogP contribution >= 0.6 is 24.8 Å². The van der Waals surface area contributed by atoms with Gasteiger partial charge in [-0.05, 0) is 81.5 Å². The smallest absolute Gasteiger partial charge is 0.123 e. The fourth-order valence-corrected chi connectivity index (χ4v) is 3.94. The second kappa shape index (κ2) is 13.2. The molecule has 1 heterocycles. The second-order valence-corrected chi connectivity index (χ2v) is 8.77. The monoisotopic (exact) mass is 486 g/mol. The number of hydrogen-bond donors (Lipinski definition) is 1. The number of nitrogens with zero attached hydrogens (tertiary/aromatic N) is 2. The van der Waals surface area contributed by atoms with Crippen LogP contribution in [0.5, 0.6) is 5.75 Å². The standard InChI is InChI=1S/C25H35FN2O2.2ClH/c1-20(2)30-24-10-8-23(9-11-24)27(3)17-13-25(29)14-18-28(19-15-25)16-12-21-4-6-22(26)7-5-21;;/h4-11,20,29H,12-19H2,1-3H3;2*1H. The normalized spacial score (nSPS) is 15.6. The van der Waals surface area contributed by atoms with E-state index in [0.717, 1.165) is 68.9 Å². The third kappa shape index (κ3) is 8.78. The van der Waals surface area contributed by atoms with Gasteiger partial charge >= 0.3 is 0 Å². The van der Waals surface area contributed by atoms with Crippen LogP contribution in [0.3, 0.4) is 0 Å². The van der Waals surface area contributed by atoms with Crippen molar-refractivity contribution in [3.63, 3.8) is 0 Å². The fourth-order valence-electron chi connectivity index (χ4n) is 3.94. The Morgan fingerprint density at radius 3 is 2.19 bits per heavy atom. The lowest BCUT2D eigenvalue weighted by Crippen LogP contribution is -2.46. The molecule has 2 aromatic carbocycles. The molecule has 0 amide bonds. The van der Waals surface area contributed by atoms with Gasteiger partial charge in [0.1, 0.15) is 11.6 Å². The molecule has 180 valence electrons. The number of rotatable bonds is 9. The van der Waals surface area contributed by atoms with Crippen LogP contribution in [-0.4, -0.2) is 54.9 Å². The van der Waals surface area contributed by atoms with Gasteiger partial charge in [-0.2, -0.15) is 0 Å². The number of halogens is 3. The summed E-state index contributed by atoms with van der Waals surface area (Å²) in [6, 6.07) is 14.9. The van der Waals surface area contributed by atoms with E-state index in [1.54, 1.807) is 0 Å². The minimum absolute atomic E-state index is 0. The van der Waals surface area contributed by atoms with Crippen molar-refractivity contribution in [2.24, 2.45) is 0 Å².